The molecule has 0 N–H and O–H groups in total. The normalized spacial score (nSPS) is 11.5. The summed E-state index contributed by atoms with van der Waals surface area (Å²) in [6.45, 7) is 0.377. The Balaban J connectivity index is 1.74. The number of hydrogen-bond donors (Lipinski definition) is 0. The second-order valence-electron chi connectivity index (χ2n) is 4.53. The van der Waals surface area contributed by atoms with Crippen molar-refractivity contribution in [2.75, 3.05) is 12.4 Å². The molecule has 0 aliphatic rings. The van der Waals surface area contributed by atoms with E-state index in [2.05, 4.69) is 0 Å². The van der Waals surface area contributed by atoms with Crippen LogP contribution in [0.3, 0.4) is 0 Å². The zero-order valence-corrected chi connectivity index (χ0v) is 13.1. The first-order valence-electron chi connectivity index (χ1n) is 6.63. The van der Waals surface area contributed by atoms with Gasteiger partial charge in [0.2, 0.25) is 0 Å². The summed E-state index contributed by atoms with van der Waals surface area (Å²) in [6.07, 6.45) is -3.60. The van der Waals surface area contributed by atoms with Crippen LogP contribution in [0, 0.1) is 0 Å². The van der Waals surface area contributed by atoms with Gasteiger partial charge in [-0.05, 0) is 48.9 Å². The van der Waals surface area contributed by atoms with E-state index in [1.54, 1.807) is 11.8 Å². The van der Waals surface area contributed by atoms with Crippen LogP contribution in [0.4, 0.5) is 13.2 Å². The lowest BCUT2D eigenvalue weighted by Crippen LogP contribution is -2.05. The van der Waals surface area contributed by atoms with Crippen LogP contribution in [0.15, 0.2) is 53.4 Å². The Hall–Kier alpha value is -1.33. The Labute approximate surface area is 136 Å². The quantitative estimate of drug-likeness (QED) is 0.474. The summed E-state index contributed by atoms with van der Waals surface area (Å²) >= 11 is 7.45. The Morgan fingerprint density at radius 2 is 1.77 bits per heavy atom. The van der Waals surface area contributed by atoms with E-state index in [1.165, 1.54) is 12.1 Å². The van der Waals surface area contributed by atoms with E-state index in [0.717, 1.165) is 29.2 Å². The van der Waals surface area contributed by atoms with Crippen LogP contribution < -0.4 is 4.74 Å². The molecule has 0 fully saturated rings. The summed E-state index contributed by atoms with van der Waals surface area (Å²) in [7, 11) is 0. The van der Waals surface area contributed by atoms with Crippen LogP contribution in [0.1, 0.15) is 12.0 Å². The van der Waals surface area contributed by atoms with Crippen LogP contribution in [-0.4, -0.2) is 12.4 Å². The first-order chi connectivity index (χ1) is 10.4. The van der Waals surface area contributed by atoms with Gasteiger partial charge in [-0.1, -0.05) is 17.7 Å². The Morgan fingerprint density at radius 1 is 1.05 bits per heavy atom. The van der Waals surface area contributed by atoms with Gasteiger partial charge in [0.05, 0.1) is 12.2 Å². The Morgan fingerprint density at radius 3 is 2.45 bits per heavy atom. The van der Waals surface area contributed by atoms with E-state index < -0.39 is 11.7 Å². The number of halogens is 4. The van der Waals surface area contributed by atoms with Crippen molar-refractivity contribution in [1.82, 2.24) is 0 Å². The molecule has 0 spiro atoms. The molecule has 0 unspecified atom stereocenters. The van der Waals surface area contributed by atoms with Crippen LogP contribution in [0.2, 0.25) is 5.02 Å². The minimum absolute atomic E-state index is 0.242. The van der Waals surface area contributed by atoms with Gasteiger partial charge in [-0.3, -0.25) is 0 Å². The van der Waals surface area contributed by atoms with Gasteiger partial charge in [0, 0.05) is 15.7 Å². The summed E-state index contributed by atoms with van der Waals surface area (Å²) in [6, 6.07) is 12.4. The molecule has 0 aromatic heterocycles. The third kappa shape index (κ3) is 5.46. The van der Waals surface area contributed by atoms with Crippen molar-refractivity contribution < 1.29 is 17.9 Å². The number of benzene rings is 2. The molecule has 0 aliphatic heterocycles. The highest BCUT2D eigenvalue weighted by Gasteiger charge is 2.30. The summed E-state index contributed by atoms with van der Waals surface area (Å²) in [5.74, 6) is 1.06. The third-order valence-corrected chi connectivity index (χ3v) is 4.15. The molecule has 6 heteroatoms. The summed E-state index contributed by atoms with van der Waals surface area (Å²) in [5.41, 5.74) is -0.694. The van der Waals surface area contributed by atoms with Gasteiger partial charge in [0.1, 0.15) is 5.75 Å². The Kier molecular flexibility index (Phi) is 6.03. The largest absolute Gasteiger partial charge is 0.494 e. The zero-order valence-electron chi connectivity index (χ0n) is 11.6. The standard InChI is InChI=1S/C16H14ClF3OS/c17-13-5-7-15(8-6-13)22-10-2-9-21-14-4-1-3-12(11-14)16(18,19)20/h1,3-8,11H,2,9-10H2. The molecular formula is C16H14ClF3OS. The van der Waals surface area contributed by atoms with E-state index >= 15 is 0 Å². The average Bonchev–Trinajstić information content (AvgIpc) is 2.48. The molecule has 2 aromatic rings. The van der Waals surface area contributed by atoms with Crippen LogP contribution in [-0.2, 0) is 6.18 Å². The molecule has 1 nitrogen and oxygen atoms in total. The van der Waals surface area contributed by atoms with E-state index in [9.17, 15) is 13.2 Å². The highest BCUT2D eigenvalue weighted by molar-refractivity contribution is 7.99. The van der Waals surface area contributed by atoms with Crippen molar-refractivity contribution in [1.29, 1.82) is 0 Å². The fourth-order valence-electron chi connectivity index (χ4n) is 1.73. The number of rotatable bonds is 6. The van der Waals surface area contributed by atoms with Crippen molar-refractivity contribution in [2.45, 2.75) is 17.5 Å². The van der Waals surface area contributed by atoms with Gasteiger partial charge in [0.25, 0.3) is 0 Å². The van der Waals surface area contributed by atoms with Gasteiger partial charge < -0.3 is 4.74 Å². The van der Waals surface area contributed by atoms with Gasteiger partial charge in [-0.2, -0.15) is 13.2 Å². The van der Waals surface area contributed by atoms with E-state index in [0.29, 0.717) is 11.6 Å². The number of thioether (sulfide) groups is 1. The van der Waals surface area contributed by atoms with Crippen molar-refractivity contribution in [3.8, 4) is 5.75 Å². The van der Waals surface area contributed by atoms with Crippen LogP contribution >= 0.6 is 23.4 Å². The first kappa shape index (κ1) is 17.0. The van der Waals surface area contributed by atoms with E-state index in [-0.39, 0.29) is 5.75 Å². The number of hydrogen-bond acceptors (Lipinski definition) is 2. The maximum absolute atomic E-state index is 12.6. The fourth-order valence-corrected chi connectivity index (χ4v) is 2.68. The lowest BCUT2D eigenvalue weighted by Gasteiger charge is -2.10. The van der Waals surface area contributed by atoms with Crippen LogP contribution in [0.25, 0.3) is 0 Å². The minimum Gasteiger partial charge on any atom is -0.494 e. The highest BCUT2D eigenvalue weighted by Crippen LogP contribution is 2.31. The van der Waals surface area contributed by atoms with Crippen molar-refractivity contribution in [3.63, 3.8) is 0 Å². The molecule has 0 heterocycles. The number of ether oxygens (including phenoxy) is 1. The molecule has 0 aliphatic carbocycles. The maximum Gasteiger partial charge on any atom is 0.416 e. The van der Waals surface area contributed by atoms with E-state index in [1.807, 2.05) is 24.3 Å². The molecule has 22 heavy (non-hydrogen) atoms. The monoisotopic (exact) mass is 346 g/mol. The fraction of sp³-hybridized carbons (Fsp3) is 0.250. The summed E-state index contributed by atoms with van der Waals surface area (Å²) in [4.78, 5) is 1.10. The SMILES string of the molecule is FC(F)(F)c1cccc(OCCCSc2ccc(Cl)cc2)c1. The average molecular weight is 347 g/mol. The molecule has 0 radical (unpaired) electrons. The molecule has 0 bridgehead atoms. The molecule has 0 atom stereocenters. The molecule has 2 rings (SSSR count). The lowest BCUT2D eigenvalue weighted by molar-refractivity contribution is -0.137. The minimum atomic E-state index is -4.34. The first-order valence-corrected chi connectivity index (χ1v) is 8.00. The van der Waals surface area contributed by atoms with Crippen molar-refractivity contribution >= 4 is 23.4 Å². The second kappa shape index (κ2) is 7.79. The Bertz CT molecular complexity index is 599. The molecule has 118 valence electrons. The molecule has 0 amide bonds. The lowest BCUT2D eigenvalue weighted by atomic mass is 10.2. The molecule has 2 aromatic carbocycles. The summed E-state index contributed by atoms with van der Waals surface area (Å²) in [5, 5.41) is 0.692. The van der Waals surface area contributed by atoms with Crippen molar-refractivity contribution in [2.24, 2.45) is 0 Å². The van der Waals surface area contributed by atoms with Gasteiger partial charge in [-0.25, -0.2) is 0 Å². The summed E-state index contributed by atoms with van der Waals surface area (Å²) < 4.78 is 43.0. The highest BCUT2D eigenvalue weighted by atomic mass is 35.5. The van der Waals surface area contributed by atoms with Gasteiger partial charge in [-0.15, -0.1) is 11.8 Å². The van der Waals surface area contributed by atoms with Gasteiger partial charge in [0.15, 0.2) is 0 Å². The predicted octanol–water partition coefficient (Wildman–Crippen LogP) is 5.92. The topological polar surface area (TPSA) is 9.23 Å². The third-order valence-electron chi connectivity index (χ3n) is 2.80. The molecule has 0 saturated heterocycles. The van der Waals surface area contributed by atoms with Crippen molar-refractivity contribution in [3.05, 3.63) is 59.1 Å². The smallest absolute Gasteiger partial charge is 0.416 e. The molecular weight excluding hydrogens is 333 g/mol. The number of alkyl halides is 3. The maximum atomic E-state index is 12.6. The van der Waals surface area contributed by atoms with Crippen LogP contribution in [0.5, 0.6) is 5.75 Å². The predicted molar refractivity (Wildman–Crippen MR) is 83.7 cm³/mol. The van der Waals surface area contributed by atoms with Gasteiger partial charge >= 0.3 is 6.18 Å². The second-order valence-corrected chi connectivity index (χ2v) is 6.13. The molecule has 0 saturated carbocycles. The van der Waals surface area contributed by atoms with E-state index in [4.69, 9.17) is 16.3 Å². The zero-order chi connectivity index (χ0) is 16.0.